The molecule has 0 radical (unpaired) electrons. The normalized spacial score (nSPS) is 8.47. The molecule has 0 fully saturated rings. The van der Waals surface area contributed by atoms with Crippen molar-refractivity contribution in [2.75, 3.05) is 0 Å². The topological polar surface area (TPSA) is 74.6 Å². The van der Waals surface area contributed by atoms with E-state index in [9.17, 15) is 9.59 Å². The average molecular weight is 228 g/mol. The third-order valence-electron chi connectivity index (χ3n) is 1.40. The summed E-state index contributed by atoms with van der Waals surface area (Å²) in [5, 5.41) is 15.6. The number of carbonyl (C=O) groups is 2. The Morgan fingerprint density at radius 3 is 1.71 bits per heavy atom. The van der Waals surface area contributed by atoms with Crippen molar-refractivity contribution in [2.45, 2.75) is 0 Å². The Morgan fingerprint density at radius 1 is 1.06 bits per heavy atom. The summed E-state index contributed by atoms with van der Waals surface area (Å²) in [4.78, 5) is 19.1. The first-order valence-electron chi connectivity index (χ1n) is 4.37. The molecule has 5 heteroatoms. The minimum Gasteiger partial charge on any atom is -1.00 e. The van der Waals surface area contributed by atoms with Crippen LogP contribution in [0.25, 0.3) is 6.08 Å². The molecule has 0 atom stereocenters. The van der Waals surface area contributed by atoms with Crippen LogP contribution < -0.4 is 18.9 Å². The molecule has 1 aromatic rings. The van der Waals surface area contributed by atoms with Crippen LogP contribution in [0.1, 0.15) is 6.99 Å². The van der Waals surface area contributed by atoms with Crippen molar-refractivity contribution < 1.29 is 40.1 Å². The van der Waals surface area contributed by atoms with E-state index < -0.39 is 11.9 Å². The van der Waals surface area contributed by atoms with Crippen molar-refractivity contribution in [3.63, 3.8) is 0 Å². The molecule has 17 heavy (non-hydrogen) atoms. The van der Waals surface area contributed by atoms with E-state index in [-0.39, 0.29) is 20.3 Å². The van der Waals surface area contributed by atoms with Crippen LogP contribution in [0, 0.1) is 0 Å². The first-order valence-corrected chi connectivity index (χ1v) is 4.37. The molecule has 0 aromatic heterocycles. The van der Waals surface area contributed by atoms with E-state index >= 15 is 0 Å². The zero-order valence-corrected chi connectivity index (χ0v) is 9.54. The van der Waals surface area contributed by atoms with Gasteiger partial charge in [0.15, 0.2) is 0 Å². The van der Waals surface area contributed by atoms with Gasteiger partial charge in [-0.25, -0.2) is 9.59 Å². The van der Waals surface area contributed by atoms with Crippen LogP contribution in [-0.2, 0) is 9.59 Å². The Bertz CT molecular complexity index is 374. The van der Waals surface area contributed by atoms with Gasteiger partial charge in [-0.1, -0.05) is 43.0 Å². The predicted octanol–water partition coefficient (Wildman–Crippen LogP) is -0.842. The molecule has 2 N–H and O–H groups in total. The third kappa shape index (κ3) is 12.2. The van der Waals surface area contributed by atoms with E-state index in [2.05, 4.69) is 6.58 Å². The van der Waals surface area contributed by atoms with Gasteiger partial charge < -0.3 is 11.6 Å². The van der Waals surface area contributed by atoms with Gasteiger partial charge in [-0.15, -0.1) is 0 Å². The standard InChI is InChI=1S/C8H8.C4H4O4.Li.H/c1-2-8-6-4-3-5-7-8;5-3(6)1-2-4(7)8;;/h2-7H,1H2;1-2H,(H,5,6)(H,7,8);;/q;;+1;-1/b;2-1-;;. The number of hydrogen-bond acceptors (Lipinski definition) is 2. The minimum atomic E-state index is -1.26. The Hall–Kier alpha value is -1.76. The van der Waals surface area contributed by atoms with Crippen molar-refractivity contribution in [1.29, 1.82) is 0 Å². The Kier molecular flexibility index (Phi) is 11.1. The Balaban J connectivity index is -0.000000225. The van der Waals surface area contributed by atoms with Gasteiger partial charge in [0.05, 0.1) is 0 Å². The minimum absolute atomic E-state index is 0. The molecule has 0 amide bonds. The summed E-state index contributed by atoms with van der Waals surface area (Å²) in [7, 11) is 0. The van der Waals surface area contributed by atoms with E-state index in [0.717, 1.165) is 0 Å². The summed E-state index contributed by atoms with van der Waals surface area (Å²) in [5.74, 6) is -2.51. The van der Waals surface area contributed by atoms with Gasteiger partial charge in [0.2, 0.25) is 0 Å². The molecule has 4 nitrogen and oxygen atoms in total. The van der Waals surface area contributed by atoms with Gasteiger partial charge in [0, 0.05) is 12.2 Å². The molecule has 0 saturated heterocycles. The first kappa shape index (κ1) is 17.6. The van der Waals surface area contributed by atoms with Gasteiger partial charge in [0.1, 0.15) is 0 Å². The first-order chi connectivity index (χ1) is 7.56. The van der Waals surface area contributed by atoms with E-state index in [1.165, 1.54) is 5.56 Å². The smallest absolute Gasteiger partial charge is 1.00 e. The largest absolute Gasteiger partial charge is 1.00 e. The zero-order chi connectivity index (χ0) is 12.4. The van der Waals surface area contributed by atoms with Crippen LogP contribution in [0.3, 0.4) is 0 Å². The molecular weight excluding hydrogens is 215 g/mol. The second-order valence-electron chi connectivity index (χ2n) is 2.62. The molecule has 86 valence electrons. The number of hydrogen-bond donors (Lipinski definition) is 2. The second kappa shape index (κ2) is 10.7. The molecule has 0 bridgehead atoms. The maximum Gasteiger partial charge on any atom is 1.00 e. The predicted molar refractivity (Wildman–Crippen MR) is 62.1 cm³/mol. The molecule has 0 heterocycles. The summed E-state index contributed by atoms with van der Waals surface area (Å²) in [6.45, 7) is 3.63. The van der Waals surface area contributed by atoms with Crippen LogP contribution >= 0.6 is 0 Å². The second-order valence-corrected chi connectivity index (χ2v) is 2.62. The summed E-state index contributed by atoms with van der Waals surface area (Å²) in [6.07, 6.45) is 2.95. The van der Waals surface area contributed by atoms with Crippen LogP contribution in [0.5, 0.6) is 0 Å². The van der Waals surface area contributed by atoms with Crippen molar-refractivity contribution in [1.82, 2.24) is 0 Å². The number of benzene rings is 1. The SMILES string of the molecule is C=Cc1ccccc1.O=C(O)/C=C\C(=O)O.[H-].[Li+]. The monoisotopic (exact) mass is 228 g/mol. The van der Waals surface area contributed by atoms with Crippen LogP contribution in [0.4, 0.5) is 0 Å². The average Bonchev–Trinajstić information content (AvgIpc) is 2.28. The van der Waals surface area contributed by atoms with Crippen LogP contribution in [0.2, 0.25) is 0 Å². The molecule has 1 rings (SSSR count). The van der Waals surface area contributed by atoms with E-state index in [1.54, 1.807) is 0 Å². The fourth-order valence-electron chi connectivity index (χ4n) is 0.732. The van der Waals surface area contributed by atoms with E-state index in [4.69, 9.17) is 10.2 Å². The van der Waals surface area contributed by atoms with Gasteiger partial charge in [-0.05, 0) is 5.56 Å². The van der Waals surface area contributed by atoms with Crippen LogP contribution in [0.15, 0.2) is 49.1 Å². The maximum atomic E-state index is 9.55. The number of rotatable bonds is 3. The van der Waals surface area contributed by atoms with Crippen molar-refractivity contribution in [3.8, 4) is 0 Å². The summed E-state index contributed by atoms with van der Waals surface area (Å²) < 4.78 is 0. The number of aliphatic carboxylic acids is 2. The molecule has 0 aliphatic rings. The van der Waals surface area contributed by atoms with Gasteiger partial charge in [-0.2, -0.15) is 0 Å². The van der Waals surface area contributed by atoms with E-state index in [0.29, 0.717) is 12.2 Å². The van der Waals surface area contributed by atoms with Gasteiger partial charge >= 0.3 is 30.8 Å². The third-order valence-corrected chi connectivity index (χ3v) is 1.40. The molecule has 0 aliphatic heterocycles. The fourth-order valence-corrected chi connectivity index (χ4v) is 0.732. The molecular formula is C12H13LiO4. The van der Waals surface area contributed by atoms with Crippen molar-refractivity contribution in [2.24, 2.45) is 0 Å². The van der Waals surface area contributed by atoms with Crippen LogP contribution in [-0.4, -0.2) is 22.2 Å². The molecule has 0 saturated carbocycles. The summed E-state index contributed by atoms with van der Waals surface area (Å²) in [6, 6.07) is 10.0. The van der Waals surface area contributed by atoms with Crippen molar-refractivity contribution in [3.05, 3.63) is 54.6 Å². The summed E-state index contributed by atoms with van der Waals surface area (Å²) >= 11 is 0. The molecule has 0 unspecified atom stereocenters. The quantitative estimate of drug-likeness (QED) is 0.522. The molecule has 0 spiro atoms. The molecule has 1 aromatic carbocycles. The van der Waals surface area contributed by atoms with Crippen molar-refractivity contribution >= 4 is 18.0 Å². The summed E-state index contributed by atoms with van der Waals surface area (Å²) in [5.41, 5.74) is 1.17. The Labute approximate surface area is 113 Å². The van der Waals surface area contributed by atoms with Gasteiger partial charge in [-0.3, -0.25) is 0 Å². The number of carboxylic acids is 2. The molecule has 0 aliphatic carbocycles. The zero-order valence-electron chi connectivity index (χ0n) is 10.5. The van der Waals surface area contributed by atoms with Gasteiger partial charge in [0.25, 0.3) is 0 Å². The fraction of sp³-hybridized carbons (Fsp3) is 0. The number of carboxylic acid groups (broad SMARTS) is 2. The Morgan fingerprint density at radius 2 is 1.47 bits per heavy atom. The van der Waals surface area contributed by atoms with E-state index in [1.807, 2.05) is 36.4 Å². The maximum absolute atomic E-state index is 9.55.